The van der Waals surface area contributed by atoms with Crippen molar-refractivity contribution in [1.82, 2.24) is 5.32 Å². The Hall–Kier alpha value is -4.28. The second kappa shape index (κ2) is 14.9. The molecule has 0 heterocycles. The molecule has 8 nitrogen and oxygen atoms in total. The molecule has 44 heavy (non-hydrogen) atoms. The first kappa shape index (κ1) is 32.6. The fraction of sp³-hybridized carbons (Fsp3) is 0.0625. The van der Waals surface area contributed by atoms with Crippen molar-refractivity contribution in [2.75, 3.05) is 10.6 Å². The first-order chi connectivity index (χ1) is 21.0. The molecule has 0 fully saturated rings. The average Bonchev–Trinajstić information content (AvgIpc) is 3.00. The monoisotopic (exact) mass is 667 g/mol. The molecule has 1 atom stereocenters. The molecule has 0 bridgehead atoms. The summed E-state index contributed by atoms with van der Waals surface area (Å²) in [4.78, 5) is 51.2. The van der Waals surface area contributed by atoms with Crippen LogP contribution >= 0.6 is 46.6 Å². The fourth-order valence-corrected chi connectivity index (χ4v) is 5.33. The summed E-state index contributed by atoms with van der Waals surface area (Å²) in [5.74, 6) is -2.68. The van der Waals surface area contributed by atoms with Gasteiger partial charge in [-0.2, -0.15) is 0 Å². The van der Waals surface area contributed by atoms with E-state index in [-0.39, 0.29) is 32.2 Å². The van der Waals surface area contributed by atoms with Gasteiger partial charge in [0.2, 0.25) is 5.91 Å². The maximum Gasteiger partial charge on any atom is 0.337 e. The Labute approximate surface area is 272 Å². The summed E-state index contributed by atoms with van der Waals surface area (Å²) in [5, 5.41) is 17.4. The van der Waals surface area contributed by atoms with Gasteiger partial charge in [-0.05, 0) is 73.2 Å². The first-order valence-corrected chi connectivity index (χ1v) is 15.0. The SMILES string of the molecule is CC(Sc1cccc(NC(=O)/C(=C\c2cccc(Cl)c2Cl)NC(=O)c2ccccc2)c1)C(=O)Nc1ccc(Cl)c(C(=O)O)c1. The molecule has 0 aromatic heterocycles. The number of rotatable bonds is 10. The van der Waals surface area contributed by atoms with Crippen molar-refractivity contribution in [2.24, 2.45) is 0 Å². The number of carboxylic acid groups (broad SMARTS) is 1. The van der Waals surface area contributed by atoms with E-state index >= 15 is 0 Å². The van der Waals surface area contributed by atoms with Gasteiger partial charge in [0, 0.05) is 21.8 Å². The largest absolute Gasteiger partial charge is 0.478 e. The van der Waals surface area contributed by atoms with Crippen molar-refractivity contribution in [3.05, 3.63) is 128 Å². The minimum Gasteiger partial charge on any atom is -0.478 e. The predicted molar refractivity (Wildman–Crippen MR) is 176 cm³/mol. The van der Waals surface area contributed by atoms with Gasteiger partial charge < -0.3 is 21.1 Å². The van der Waals surface area contributed by atoms with Crippen LogP contribution in [-0.4, -0.2) is 34.0 Å². The summed E-state index contributed by atoms with van der Waals surface area (Å²) in [7, 11) is 0. The summed E-state index contributed by atoms with van der Waals surface area (Å²) >= 11 is 19.6. The predicted octanol–water partition coefficient (Wildman–Crippen LogP) is 7.87. The number of benzene rings is 4. The fourth-order valence-electron chi connectivity index (χ4n) is 3.84. The van der Waals surface area contributed by atoms with Crippen LogP contribution in [0.5, 0.6) is 0 Å². The smallest absolute Gasteiger partial charge is 0.337 e. The highest BCUT2D eigenvalue weighted by molar-refractivity contribution is 8.00. The molecule has 12 heteroatoms. The molecule has 0 radical (unpaired) electrons. The molecule has 0 aliphatic rings. The maximum absolute atomic E-state index is 13.4. The third kappa shape index (κ3) is 8.64. The van der Waals surface area contributed by atoms with E-state index in [0.717, 1.165) is 0 Å². The zero-order valence-corrected chi connectivity index (χ0v) is 26.0. The highest BCUT2D eigenvalue weighted by Crippen LogP contribution is 2.29. The van der Waals surface area contributed by atoms with Crippen LogP contribution in [0.4, 0.5) is 11.4 Å². The van der Waals surface area contributed by atoms with Crippen molar-refractivity contribution >= 4 is 87.7 Å². The summed E-state index contributed by atoms with van der Waals surface area (Å²) in [6, 6.07) is 24.4. The Morgan fingerprint density at radius 2 is 1.50 bits per heavy atom. The van der Waals surface area contributed by atoms with E-state index in [9.17, 15) is 24.3 Å². The molecule has 0 spiro atoms. The Kier molecular flexibility index (Phi) is 11.1. The van der Waals surface area contributed by atoms with Crippen molar-refractivity contribution in [2.45, 2.75) is 17.1 Å². The highest BCUT2D eigenvalue weighted by atomic mass is 35.5. The number of nitrogens with one attached hydrogen (secondary N) is 3. The Balaban J connectivity index is 1.50. The molecule has 3 amide bonds. The normalized spacial score (nSPS) is 11.8. The lowest BCUT2D eigenvalue weighted by Crippen LogP contribution is -2.30. The number of aromatic carboxylic acids is 1. The van der Waals surface area contributed by atoms with Crippen LogP contribution in [0.3, 0.4) is 0 Å². The van der Waals surface area contributed by atoms with E-state index in [2.05, 4.69) is 16.0 Å². The lowest BCUT2D eigenvalue weighted by molar-refractivity contribution is -0.115. The van der Waals surface area contributed by atoms with E-state index < -0.39 is 23.0 Å². The molecule has 0 aliphatic carbocycles. The van der Waals surface area contributed by atoms with Gasteiger partial charge in [-0.25, -0.2) is 4.79 Å². The van der Waals surface area contributed by atoms with Gasteiger partial charge in [-0.15, -0.1) is 11.8 Å². The molecule has 0 saturated heterocycles. The molecule has 4 N–H and O–H groups in total. The molecule has 4 aromatic rings. The molecule has 4 rings (SSSR count). The number of halogens is 3. The van der Waals surface area contributed by atoms with Crippen molar-refractivity contribution in [3.8, 4) is 0 Å². The number of carbonyl (C=O) groups is 4. The summed E-state index contributed by atoms with van der Waals surface area (Å²) in [6.07, 6.45) is 1.43. The molecular formula is C32H24Cl3N3O5S. The highest BCUT2D eigenvalue weighted by Gasteiger charge is 2.19. The van der Waals surface area contributed by atoms with E-state index in [0.29, 0.717) is 27.4 Å². The minimum atomic E-state index is -1.21. The van der Waals surface area contributed by atoms with Gasteiger partial charge in [0.25, 0.3) is 11.8 Å². The summed E-state index contributed by atoms with van der Waals surface area (Å²) < 4.78 is 0. The average molecular weight is 669 g/mol. The van der Waals surface area contributed by atoms with Crippen LogP contribution < -0.4 is 16.0 Å². The van der Waals surface area contributed by atoms with Crippen molar-refractivity contribution in [3.63, 3.8) is 0 Å². The van der Waals surface area contributed by atoms with Gasteiger partial charge in [0.1, 0.15) is 5.70 Å². The lowest BCUT2D eigenvalue weighted by Gasteiger charge is -2.15. The third-order valence-electron chi connectivity index (χ3n) is 6.05. The molecule has 0 saturated carbocycles. The number of carbonyl (C=O) groups excluding carboxylic acids is 3. The van der Waals surface area contributed by atoms with Gasteiger partial charge in [-0.3, -0.25) is 14.4 Å². The number of amides is 3. The topological polar surface area (TPSA) is 125 Å². The number of hydrogen-bond acceptors (Lipinski definition) is 5. The van der Waals surface area contributed by atoms with Gasteiger partial charge in [0.15, 0.2) is 0 Å². The second-order valence-electron chi connectivity index (χ2n) is 9.25. The van der Waals surface area contributed by atoms with E-state index in [1.165, 1.54) is 36.0 Å². The standard InChI is InChI=1S/C32H24Cl3N3O5S/c1-18(29(39)36-22-13-14-25(33)24(17-22)32(42)43)44-23-11-6-10-21(16-23)37-31(41)27(15-20-9-5-12-26(34)28(20)35)38-30(40)19-7-3-2-4-8-19/h2-18H,1H3,(H,36,39)(H,37,41)(H,38,40)(H,42,43)/b27-15+. The zero-order chi connectivity index (χ0) is 31.8. The van der Waals surface area contributed by atoms with Crippen LogP contribution in [0.15, 0.2) is 102 Å². The van der Waals surface area contributed by atoms with Crippen LogP contribution in [0, 0.1) is 0 Å². The Morgan fingerprint density at radius 3 is 2.23 bits per heavy atom. The van der Waals surface area contributed by atoms with Crippen LogP contribution in [-0.2, 0) is 9.59 Å². The van der Waals surface area contributed by atoms with Crippen molar-refractivity contribution in [1.29, 1.82) is 0 Å². The van der Waals surface area contributed by atoms with E-state index in [4.69, 9.17) is 34.8 Å². The quantitative estimate of drug-likeness (QED) is 0.101. The third-order valence-corrected chi connectivity index (χ3v) is 8.31. The Morgan fingerprint density at radius 1 is 0.795 bits per heavy atom. The first-order valence-electron chi connectivity index (χ1n) is 13.0. The second-order valence-corrected chi connectivity index (χ2v) is 11.9. The van der Waals surface area contributed by atoms with Gasteiger partial charge >= 0.3 is 5.97 Å². The maximum atomic E-state index is 13.4. The Bertz CT molecular complexity index is 1770. The molecule has 0 aliphatic heterocycles. The van der Waals surface area contributed by atoms with Crippen molar-refractivity contribution < 1.29 is 24.3 Å². The zero-order valence-electron chi connectivity index (χ0n) is 22.9. The minimum absolute atomic E-state index is 0.0603. The molecule has 4 aromatic carbocycles. The number of carboxylic acids is 1. The molecule has 1 unspecified atom stereocenters. The van der Waals surface area contributed by atoms with E-state index in [1.54, 1.807) is 79.7 Å². The molecular weight excluding hydrogens is 645 g/mol. The van der Waals surface area contributed by atoms with Gasteiger partial charge in [-0.1, -0.05) is 71.2 Å². The number of thioether (sulfide) groups is 1. The van der Waals surface area contributed by atoms with Crippen LogP contribution in [0.1, 0.15) is 33.2 Å². The molecule has 224 valence electrons. The number of anilines is 2. The summed E-state index contributed by atoms with van der Waals surface area (Å²) in [6.45, 7) is 1.69. The number of hydrogen-bond donors (Lipinski definition) is 4. The van der Waals surface area contributed by atoms with Crippen LogP contribution in [0.2, 0.25) is 15.1 Å². The van der Waals surface area contributed by atoms with E-state index in [1.807, 2.05) is 0 Å². The lowest BCUT2D eigenvalue weighted by atomic mass is 10.1. The van der Waals surface area contributed by atoms with Gasteiger partial charge in [0.05, 0.1) is 25.9 Å². The summed E-state index contributed by atoms with van der Waals surface area (Å²) in [5.41, 5.74) is 1.29. The van der Waals surface area contributed by atoms with Crippen LogP contribution in [0.25, 0.3) is 6.08 Å².